The summed E-state index contributed by atoms with van der Waals surface area (Å²) in [6.07, 6.45) is 2.60. The fraction of sp³-hybridized carbons (Fsp3) is 0.647. The zero-order valence-electron chi connectivity index (χ0n) is 12.9. The van der Waals surface area contributed by atoms with E-state index in [4.69, 9.17) is 5.73 Å². The predicted molar refractivity (Wildman–Crippen MR) is 82.2 cm³/mol. The van der Waals surface area contributed by atoms with E-state index in [-0.39, 0.29) is 5.41 Å². The molecule has 0 atom stereocenters. The predicted octanol–water partition coefficient (Wildman–Crippen LogP) is 3.15. The van der Waals surface area contributed by atoms with E-state index in [0.29, 0.717) is 5.41 Å². The molecular weight excluding hydrogens is 232 g/mol. The smallest absolute Gasteiger partial charge is 0.0230 e. The van der Waals surface area contributed by atoms with Crippen molar-refractivity contribution >= 4 is 0 Å². The van der Waals surface area contributed by atoms with Gasteiger partial charge < -0.3 is 10.6 Å². The Morgan fingerprint density at radius 3 is 2.16 bits per heavy atom. The molecule has 0 saturated heterocycles. The van der Waals surface area contributed by atoms with Crippen molar-refractivity contribution in [2.45, 2.75) is 45.6 Å². The molecule has 2 heteroatoms. The minimum atomic E-state index is 0.238. The van der Waals surface area contributed by atoms with E-state index in [9.17, 15) is 0 Å². The van der Waals surface area contributed by atoms with Crippen LogP contribution in [0.4, 0.5) is 0 Å². The Kier molecular flexibility index (Phi) is 4.03. The van der Waals surface area contributed by atoms with Gasteiger partial charge in [0, 0.05) is 13.1 Å². The summed E-state index contributed by atoms with van der Waals surface area (Å²) in [5, 5.41) is 0. The van der Waals surface area contributed by atoms with Gasteiger partial charge in [-0.2, -0.15) is 0 Å². The van der Waals surface area contributed by atoms with Crippen LogP contribution < -0.4 is 5.73 Å². The van der Waals surface area contributed by atoms with Crippen molar-refractivity contribution in [3.63, 3.8) is 0 Å². The van der Waals surface area contributed by atoms with Crippen molar-refractivity contribution in [1.29, 1.82) is 0 Å². The molecule has 1 saturated carbocycles. The van der Waals surface area contributed by atoms with Crippen molar-refractivity contribution in [1.82, 2.24) is 4.90 Å². The van der Waals surface area contributed by atoms with Crippen LogP contribution in [0.2, 0.25) is 0 Å². The molecule has 0 aliphatic heterocycles. The Bertz CT molecular complexity index is 410. The molecule has 0 heterocycles. The van der Waals surface area contributed by atoms with Gasteiger partial charge in [-0.1, -0.05) is 45.0 Å². The number of rotatable bonds is 5. The highest BCUT2D eigenvalue weighted by atomic mass is 15.1. The van der Waals surface area contributed by atoms with Gasteiger partial charge in [-0.25, -0.2) is 0 Å². The van der Waals surface area contributed by atoms with Crippen molar-refractivity contribution in [3.8, 4) is 0 Å². The lowest BCUT2D eigenvalue weighted by Gasteiger charge is -2.23. The fourth-order valence-electron chi connectivity index (χ4n) is 2.65. The van der Waals surface area contributed by atoms with Crippen molar-refractivity contribution in [2.24, 2.45) is 11.1 Å². The molecule has 0 amide bonds. The molecule has 0 unspecified atom stereocenters. The third-order valence-corrected chi connectivity index (χ3v) is 4.27. The first-order valence-electron chi connectivity index (χ1n) is 7.33. The third-order valence-electron chi connectivity index (χ3n) is 4.27. The molecule has 1 fully saturated rings. The maximum Gasteiger partial charge on any atom is 0.0230 e. The maximum atomic E-state index is 5.85. The minimum Gasteiger partial charge on any atom is -0.330 e. The fourth-order valence-corrected chi connectivity index (χ4v) is 2.65. The molecule has 106 valence electrons. The number of hydrogen-bond donors (Lipinski definition) is 1. The van der Waals surface area contributed by atoms with E-state index in [2.05, 4.69) is 57.0 Å². The lowest BCUT2D eigenvalue weighted by molar-refractivity contribution is 0.259. The number of benzene rings is 1. The van der Waals surface area contributed by atoms with Gasteiger partial charge >= 0.3 is 0 Å². The summed E-state index contributed by atoms with van der Waals surface area (Å²) in [6, 6.07) is 9.05. The monoisotopic (exact) mass is 260 g/mol. The summed E-state index contributed by atoms with van der Waals surface area (Å²) in [4.78, 5) is 2.41. The van der Waals surface area contributed by atoms with Crippen LogP contribution in [-0.2, 0) is 12.0 Å². The Hall–Kier alpha value is -0.860. The second kappa shape index (κ2) is 5.26. The van der Waals surface area contributed by atoms with E-state index in [1.807, 2.05) is 0 Å². The molecule has 1 aromatic rings. The number of hydrogen-bond acceptors (Lipinski definition) is 2. The zero-order valence-corrected chi connectivity index (χ0v) is 12.9. The van der Waals surface area contributed by atoms with Crippen molar-refractivity contribution < 1.29 is 0 Å². The molecule has 1 aromatic carbocycles. The maximum absolute atomic E-state index is 5.85. The van der Waals surface area contributed by atoms with Crippen molar-refractivity contribution in [3.05, 3.63) is 35.4 Å². The summed E-state index contributed by atoms with van der Waals surface area (Å²) in [7, 11) is 2.20. The molecule has 0 aromatic heterocycles. The second-order valence-corrected chi connectivity index (χ2v) is 7.32. The van der Waals surface area contributed by atoms with Gasteiger partial charge in [-0.05, 0) is 48.4 Å². The molecule has 0 spiro atoms. The van der Waals surface area contributed by atoms with E-state index >= 15 is 0 Å². The van der Waals surface area contributed by atoms with Gasteiger partial charge in [0.1, 0.15) is 0 Å². The Morgan fingerprint density at radius 1 is 1.16 bits per heavy atom. The summed E-state index contributed by atoms with van der Waals surface area (Å²) in [5.74, 6) is 0. The van der Waals surface area contributed by atoms with Gasteiger partial charge in [-0.15, -0.1) is 0 Å². The van der Waals surface area contributed by atoms with E-state index < -0.39 is 0 Å². The average molecular weight is 260 g/mol. The first-order valence-corrected chi connectivity index (χ1v) is 7.33. The second-order valence-electron chi connectivity index (χ2n) is 7.32. The zero-order chi connectivity index (χ0) is 14.1. The first kappa shape index (κ1) is 14.5. The molecule has 2 N–H and O–H groups in total. The molecule has 1 aliphatic rings. The summed E-state index contributed by atoms with van der Waals surface area (Å²) < 4.78 is 0. The van der Waals surface area contributed by atoms with Crippen LogP contribution >= 0.6 is 0 Å². The van der Waals surface area contributed by atoms with Gasteiger partial charge in [-0.3, -0.25) is 0 Å². The molecule has 0 radical (unpaired) electrons. The first-order chi connectivity index (χ1) is 8.85. The summed E-state index contributed by atoms with van der Waals surface area (Å²) >= 11 is 0. The average Bonchev–Trinajstić information content (AvgIpc) is 3.09. The number of nitrogens with two attached hydrogens (primary N) is 1. The largest absolute Gasteiger partial charge is 0.330 e. The van der Waals surface area contributed by atoms with Crippen LogP contribution in [0.25, 0.3) is 0 Å². The molecule has 2 rings (SSSR count). The van der Waals surface area contributed by atoms with E-state index in [1.54, 1.807) is 0 Å². The third kappa shape index (κ3) is 3.80. The highest BCUT2D eigenvalue weighted by Crippen LogP contribution is 2.45. The van der Waals surface area contributed by atoms with E-state index in [1.165, 1.54) is 24.0 Å². The Balaban J connectivity index is 1.92. The summed E-state index contributed by atoms with van der Waals surface area (Å²) in [6.45, 7) is 9.75. The van der Waals surface area contributed by atoms with Gasteiger partial charge in [0.05, 0.1) is 0 Å². The Morgan fingerprint density at radius 2 is 1.74 bits per heavy atom. The quantitative estimate of drug-likeness (QED) is 0.881. The lowest BCUT2D eigenvalue weighted by Crippen LogP contribution is -2.31. The molecule has 19 heavy (non-hydrogen) atoms. The highest BCUT2D eigenvalue weighted by Gasteiger charge is 2.41. The molecular formula is C17H28N2. The van der Waals surface area contributed by atoms with Crippen LogP contribution in [0.3, 0.4) is 0 Å². The van der Waals surface area contributed by atoms with Gasteiger partial charge in [0.25, 0.3) is 0 Å². The minimum absolute atomic E-state index is 0.238. The van der Waals surface area contributed by atoms with Crippen LogP contribution in [0.1, 0.15) is 44.7 Å². The van der Waals surface area contributed by atoms with Crippen LogP contribution in [0.5, 0.6) is 0 Å². The van der Waals surface area contributed by atoms with Gasteiger partial charge in [0.15, 0.2) is 0 Å². The molecule has 2 nitrogen and oxygen atoms in total. The highest BCUT2D eigenvalue weighted by molar-refractivity contribution is 5.27. The Labute approximate surface area is 118 Å². The topological polar surface area (TPSA) is 29.3 Å². The molecule has 0 bridgehead atoms. The van der Waals surface area contributed by atoms with Crippen LogP contribution in [-0.4, -0.2) is 25.0 Å². The van der Waals surface area contributed by atoms with Crippen LogP contribution in [0.15, 0.2) is 24.3 Å². The standard InChI is InChI=1S/C17H28N2/c1-16(2,3)15-7-5-14(6-8-15)11-19(4)13-17(12-18)9-10-17/h5-8H,9-13,18H2,1-4H3. The molecule has 1 aliphatic carbocycles. The van der Waals surface area contributed by atoms with E-state index in [0.717, 1.165) is 19.6 Å². The van der Waals surface area contributed by atoms with Crippen molar-refractivity contribution in [2.75, 3.05) is 20.1 Å². The lowest BCUT2D eigenvalue weighted by atomic mass is 9.87. The summed E-state index contributed by atoms with van der Waals surface area (Å²) in [5.41, 5.74) is 9.31. The SMILES string of the molecule is CN(Cc1ccc(C(C)(C)C)cc1)CC1(CN)CC1. The number of nitrogens with zero attached hydrogens (tertiary/aromatic N) is 1. The van der Waals surface area contributed by atoms with Crippen LogP contribution in [0, 0.1) is 5.41 Å². The van der Waals surface area contributed by atoms with Gasteiger partial charge in [0.2, 0.25) is 0 Å². The normalized spacial score (nSPS) is 17.8.